The van der Waals surface area contributed by atoms with Gasteiger partial charge in [-0.05, 0) is 36.0 Å². The largest absolute Gasteiger partial charge is 0.504 e. The highest BCUT2D eigenvalue weighted by Gasteiger charge is 2.23. The molecule has 2 heteroatoms. The van der Waals surface area contributed by atoms with Crippen molar-refractivity contribution in [3.63, 3.8) is 0 Å². The molecule has 2 nitrogen and oxygen atoms in total. The molecule has 0 radical (unpaired) electrons. The molecular formula is C13H20O2. The van der Waals surface area contributed by atoms with Crippen LogP contribution in [0.25, 0.3) is 0 Å². The fourth-order valence-electron chi connectivity index (χ4n) is 1.71. The molecule has 0 aliphatic rings. The average molecular weight is 208 g/mol. The Morgan fingerprint density at radius 3 is 2.33 bits per heavy atom. The predicted molar refractivity (Wildman–Crippen MR) is 62.6 cm³/mol. The summed E-state index contributed by atoms with van der Waals surface area (Å²) < 4.78 is 5.12. The fraction of sp³-hybridized carbons (Fsp3) is 0.538. The Bertz CT molecular complexity index is 327. The van der Waals surface area contributed by atoms with Crippen LogP contribution in [0.2, 0.25) is 0 Å². The van der Waals surface area contributed by atoms with Crippen LogP contribution in [0.15, 0.2) is 18.2 Å². The van der Waals surface area contributed by atoms with Gasteiger partial charge in [0.15, 0.2) is 11.5 Å². The molecule has 1 aromatic carbocycles. The third-order valence-electron chi connectivity index (χ3n) is 3.44. The van der Waals surface area contributed by atoms with Crippen molar-refractivity contribution in [1.29, 1.82) is 0 Å². The van der Waals surface area contributed by atoms with Crippen LogP contribution in [0.1, 0.15) is 39.2 Å². The lowest BCUT2D eigenvalue weighted by molar-refractivity contribution is 0.368. The second-order valence-electron chi connectivity index (χ2n) is 4.15. The van der Waals surface area contributed by atoms with Gasteiger partial charge in [-0.3, -0.25) is 0 Å². The molecule has 0 amide bonds. The van der Waals surface area contributed by atoms with Gasteiger partial charge in [0.2, 0.25) is 0 Å². The first-order valence-electron chi connectivity index (χ1n) is 5.45. The van der Waals surface area contributed by atoms with E-state index in [2.05, 4.69) is 20.8 Å². The Balaban J connectivity index is 3.15. The van der Waals surface area contributed by atoms with Gasteiger partial charge >= 0.3 is 0 Å². The Morgan fingerprint density at radius 2 is 1.87 bits per heavy atom. The number of ether oxygens (including phenoxy) is 1. The zero-order chi connectivity index (χ0) is 11.5. The maximum atomic E-state index is 9.52. The standard InChI is InChI=1S/C13H20O2/c1-5-13(3,6-2)10-7-8-11(14)12(9-10)15-4/h7-9,14H,5-6H2,1-4H3. The van der Waals surface area contributed by atoms with E-state index in [1.807, 2.05) is 12.1 Å². The first kappa shape index (κ1) is 11.9. The van der Waals surface area contributed by atoms with E-state index in [1.54, 1.807) is 13.2 Å². The van der Waals surface area contributed by atoms with Crippen LogP contribution in [-0.4, -0.2) is 12.2 Å². The van der Waals surface area contributed by atoms with Crippen molar-refractivity contribution in [3.05, 3.63) is 23.8 Å². The number of aromatic hydroxyl groups is 1. The topological polar surface area (TPSA) is 29.5 Å². The number of phenols is 1. The summed E-state index contributed by atoms with van der Waals surface area (Å²) in [5, 5.41) is 9.52. The van der Waals surface area contributed by atoms with Gasteiger partial charge in [0.1, 0.15) is 0 Å². The quantitative estimate of drug-likeness (QED) is 0.820. The first-order chi connectivity index (χ1) is 7.07. The lowest BCUT2D eigenvalue weighted by Gasteiger charge is -2.27. The van der Waals surface area contributed by atoms with Gasteiger partial charge in [-0.15, -0.1) is 0 Å². The molecule has 0 spiro atoms. The molecule has 15 heavy (non-hydrogen) atoms. The lowest BCUT2D eigenvalue weighted by Crippen LogP contribution is -2.19. The van der Waals surface area contributed by atoms with Crippen molar-refractivity contribution < 1.29 is 9.84 Å². The zero-order valence-corrected chi connectivity index (χ0v) is 10.0. The average Bonchev–Trinajstić information content (AvgIpc) is 2.28. The van der Waals surface area contributed by atoms with Crippen LogP contribution in [0, 0.1) is 0 Å². The molecule has 84 valence electrons. The summed E-state index contributed by atoms with van der Waals surface area (Å²) in [7, 11) is 1.58. The molecule has 1 N–H and O–H groups in total. The second-order valence-corrected chi connectivity index (χ2v) is 4.15. The van der Waals surface area contributed by atoms with E-state index >= 15 is 0 Å². The normalized spacial score (nSPS) is 11.5. The van der Waals surface area contributed by atoms with Crippen molar-refractivity contribution in [2.45, 2.75) is 39.0 Å². The SMILES string of the molecule is CCC(C)(CC)c1ccc(O)c(OC)c1. The van der Waals surface area contributed by atoms with Crippen LogP contribution in [0.4, 0.5) is 0 Å². The number of hydrogen-bond acceptors (Lipinski definition) is 2. The summed E-state index contributed by atoms with van der Waals surface area (Å²) in [5.74, 6) is 0.761. The summed E-state index contributed by atoms with van der Waals surface area (Å²) in [5.41, 5.74) is 1.39. The molecule has 0 unspecified atom stereocenters. The van der Waals surface area contributed by atoms with Crippen LogP contribution >= 0.6 is 0 Å². The number of phenolic OH excluding ortho intramolecular Hbond substituents is 1. The molecular weight excluding hydrogens is 188 g/mol. The van der Waals surface area contributed by atoms with Crippen molar-refractivity contribution >= 4 is 0 Å². The highest BCUT2D eigenvalue weighted by Crippen LogP contribution is 2.36. The maximum Gasteiger partial charge on any atom is 0.160 e. The van der Waals surface area contributed by atoms with E-state index in [1.165, 1.54) is 5.56 Å². The minimum Gasteiger partial charge on any atom is -0.504 e. The van der Waals surface area contributed by atoms with Crippen LogP contribution < -0.4 is 4.74 Å². The van der Waals surface area contributed by atoms with Gasteiger partial charge in [-0.2, -0.15) is 0 Å². The van der Waals surface area contributed by atoms with Crippen molar-refractivity contribution in [1.82, 2.24) is 0 Å². The van der Waals surface area contributed by atoms with Gasteiger partial charge < -0.3 is 9.84 Å². The molecule has 0 saturated heterocycles. The molecule has 0 bridgehead atoms. The highest BCUT2D eigenvalue weighted by molar-refractivity contribution is 5.44. The molecule has 0 aliphatic heterocycles. The van der Waals surface area contributed by atoms with Gasteiger partial charge in [0.05, 0.1) is 7.11 Å². The number of methoxy groups -OCH3 is 1. The Hall–Kier alpha value is -1.18. The number of rotatable bonds is 4. The van der Waals surface area contributed by atoms with E-state index < -0.39 is 0 Å². The smallest absolute Gasteiger partial charge is 0.160 e. The second kappa shape index (κ2) is 4.56. The molecule has 0 aromatic heterocycles. The Labute approximate surface area is 91.9 Å². The summed E-state index contributed by atoms with van der Waals surface area (Å²) in [4.78, 5) is 0. The summed E-state index contributed by atoms with van der Waals surface area (Å²) in [6.07, 6.45) is 2.16. The van der Waals surface area contributed by atoms with Gasteiger partial charge in [-0.25, -0.2) is 0 Å². The maximum absolute atomic E-state index is 9.52. The lowest BCUT2D eigenvalue weighted by atomic mass is 9.78. The third kappa shape index (κ3) is 2.25. The third-order valence-corrected chi connectivity index (χ3v) is 3.44. The molecule has 0 atom stereocenters. The van der Waals surface area contributed by atoms with E-state index in [9.17, 15) is 5.11 Å². The minimum absolute atomic E-state index is 0.168. The first-order valence-corrected chi connectivity index (χ1v) is 5.45. The van der Waals surface area contributed by atoms with Crippen molar-refractivity contribution in [3.8, 4) is 11.5 Å². The van der Waals surface area contributed by atoms with Crippen LogP contribution in [0.3, 0.4) is 0 Å². The Kier molecular flexibility index (Phi) is 3.61. The molecule has 0 heterocycles. The molecule has 1 aromatic rings. The summed E-state index contributed by atoms with van der Waals surface area (Å²) in [6.45, 7) is 6.60. The molecule has 1 rings (SSSR count). The molecule has 0 aliphatic carbocycles. The number of hydrogen-bond donors (Lipinski definition) is 1. The minimum atomic E-state index is 0.168. The van der Waals surface area contributed by atoms with E-state index in [0.717, 1.165) is 12.8 Å². The van der Waals surface area contributed by atoms with Crippen LogP contribution in [-0.2, 0) is 5.41 Å². The monoisotopic (exact) mass is 208 g/mol. The van der Waals surface area contributed by atoms with Gasteiger partial charge in [-0.1, -0.05) is 26.8 Å². The van der Waals surface area contributed by atoms with E-state index in [-0.39, 0.29) is 11.2 Å². The number of benzene rings is 1. The van der Waals surface area contributed by atoms with Crippen molar-refractivity contribution in [2.24, 2.45) is 0 Å². The van der Waals surface area contributed by atoms with Crippen molar-refractivity contribution in [2.75, 3.05) is 7.11 Å². The Morgan fingerprint density at radius 1 is 1.27 bits per heavy atom. The molecule has 0 fully saturated rings. The van der Waals surface area contributed by atoms with E-state index in [0.29, 0.717) is 5.75 Å². The highest BCUT2D eigenvalue weighted by atomic mass is 16.5. The predicted octanol–water partition coefficient (Wildman–Crippen LogP) is 3.48. The van der Waals surface area contributed by atoms with Gasteiger partial charge in [0, 0.05) is 0 Å². The zero-order valence-electron chi connectivity index (χ0n) is 10.0. The summed E-state index contributed by atoms with van der Waals surface area (Å²) >= 11 is 0. The summed E-state index contributed by atoms with van der Waals surface area (Å²) in [6, 6.07) is 5.62. The fourth-order valence-corrected chi connectivity index (χ4v) is 1.71. The van der Waals surface area contributed by atoms with E-state index in [4.69, 9.17) is 4.74 Å². The van der Waals surface area contributed by atoms with Crippen LogP contribution in [0.5, 0.6) is 11.5 Å². The molecule has 0 saturated carbocycles. The van der Waals surface area contributed by atoms with Gasteiger partial charge in [0.25, 0.3) is 0 Å².